The molecule has 0 saturated carbocycles. The largest absolute Gasteiger partial charge is 0.492 e. The molecule has 1 aromatic carbocycles. The van der Waals surface area contributed by atoms with E-state index in [4.69, 9.17) is 16.3 Å². The molecule has 1 heterocycles. The molecule has 0 amide bonds. The average Bonchev–Trinajstić information content (AvgIpc) is 2.52. The van der Waals surface area contributed by atoms with Crippen LogP contribution < -0.4 is 4.74 Å². The minimum absolute atomic E-state index is 0.184. The Hall–Kier alpha value is -2.12. The Morgan fingerprint density at radius 1 is 1.26 bits per heavy atom. The first-order chi connectivity index (χ1) is 11.0. The maximum absolute atomic E-state index is 9.37. The molecule has 2 rings (SSSR count). The lowest BCUT2D eigenvalue weighted by Gasteiger charge is -2.16. The summed E-state index contributed by atoms with van der Waals surface area (Å²) in [6.45, 7) is 7.15. The number of aromatic nitrogens is 2. The molecule has 5 heteroatoms. The van der Waals surface area contributed by atoms with Crippen LogP contribution in [-0.2, 0) is 0 Å². The van der Waals surface area contributed by atoms with Gasteiger partial charge in [0.25, 0.3) is 0 Å². The van der Waals surface area contributed by atoms with Gasteiger partial charge in [-0.3, -0.25) is 0 Å². The van der Waals surface area contributed by atoms with Gasteiger partial charge in [-0.05, 0) is 54.1 Å². The number of hydrogen-bond acceptors (Lipinski definition) is 4. The predicted octanol–water partition coefficient (Wildman–Crippen LogP) is 4.73. The van der Waals surface area contributed by atoms with Crippen molar-refractivity contribution in [2.45, 2.75) is 27.2 Å². The van der Waals surface area contributed by atoms with E-state index in [0.29, 0.717) is 35.4 Å². The highest BCUT2D eigenvalue weighted by atomic mass is 35.5. The minimum Gasteiger partial charge on any atom is -0.492 e. The van der Waals surface area contributed by atoms with Crippen molar-refractivity contribution in [2.24, 2.45) is 11.8 Å². The highest BCUT2D eigenvalue weighted by Crippen LogP contribution is 2.26. The van der Waals surface area contributed by atoms with E-state index >= 15 is 0 Å². The van der Waals surface area contributed by atoms with Crippen LogP contribution in [0.4, 0.5) is 0 Å². The van der Waals surface area contributed by atoms with Crippen LogP contribution in [0.2, 0.25) is 5.28 Å². The number of ether oxygens (including phenoxy) is 1. The minimum atomic E-state index is 0.184. The molecule has 0 fully saturated rings. The van der Waals surface area contributed by atoms with Crippen LogP contribution in [0.1, 0.15) is 32.8 Å². The van der Waals surface area contributed by atoms with Gasteiger partial charge < -0.3 is 4.74 Å². The molecule has 0 N–H and O–H groups in total. The highest BCUT2D eigenvalue weighted by molar-refractivity contribution is 6.28. The smallest absolute Gasteiger partial charge is 0.222 e. The summed E-state index contributed by atoms with van der Waals surface area (Å²) in [6, 6.07) is 9.39. The Morgan fingerprint density at radius 3 is 2.70 bits per heavy atom. The Labute approximate surface area is 142 Å². The van der Waals surface area contributed by atoms with Crippen molar-refractivity contribution in [3.05, 3.63) is 41.3 Å². The molecular weight excluding hydrogens is 310 g/mol. The van der Waals surface area contributed by atoms with Gasteiger partial charge in [-0.25, -0.2) is 9.97 Å². The third kappa shape index (κ3) is 4.94. The molecule has 0 aliphatic carbocycles. The van der Waals surface area contributed by atoms with Crippen molar-refractivity contribution in [1.82, 2.24) is 9.97 Å². The van der Waals surface area contributed by atoms with Gasteiger partial charge in [0.2, 0.25) is 5.28 Å². The SMILES string of the molecule is CC(C)C[C@@H](C)COc1ccc(-c2ccnc(Cl)n2)cc1C#N. The second-order valence-electron chi connectivity index (χ2n) is 6.08. The van der Waals surface area contributed by atoms with Crippen molar-refractivity contribution < 1.29 is 4.74 Å². The average molecular weight is 330 g/mol. The first-order valence-electron chi connectivity index (χ1n) is 7.65. The zero-order valence-corrected chi connectivity index (χ0v) is 14.3. The van der Waals surface area contributed by atoms with Gasteiger partial charge in [-0.15, -0.1) is 0 Å². The van der Waals surface area contributed by atoms with Gasteiger partial charge in [0.05, 0.1) is 17.9 Å². The molecule has 0 unspecified atom stereocenters. The van der Waals surface area contributed by atoms with Crippen LogP contribution in [0.25, 0.3) is 11.3 Å². The molecule has 120 valence electrons. The fraction of sp³-hybridized carbons (Fsp3) is 0.389. The van der Waals surface area contributed by atoms with Crippen molar-refractivity contribution >= 4 is 11.6 Å². The van der Waals surface area contributed by atoms with Gasteiger partial charge in [-0.1, -0.05) is 20.8 Å². The molecule has 0 bridgehead atoms. The number of halogens is 1. The predicted molar refractivity (Wildman–Crippen MR) is 91.3 cm³/mol. The quantitative estimate of drug-likeness (QED) is 0.719. The van der Waals surface area contributed by atoms with Crippen molar-refractivity contribution in [2.75, 3.05) is 6.61 Å². The lowest BCUT2D eigenvalue weighted by atomic mass is 10.00. The van der Waals surface area contributed by atoms with E-state index in [1.165, 1.54) is 0 Å². The standard InChI is InChI=1S/C18H20ClN3O/c1-12(2)8-13(3)11-23-17-5-4-14(9-15(17)10-20)16-6-7-21-18(19)22-16/h4-7,9,12-13H,8,11H2,1-3H3/t13-/m1/s1. The summed E-state index contributed by atoms with van der Waals surface area (Å²) in [4.78, 5) is 8.02. The summed E-state index contributed by atoms with van der Waals surface area (Å²) in [5.41, 5.74) is 1.99. The number of hydrogen-bond donors (Lipinski definition) is 0. The topological polar surface area (TPSA) is 58.8 Å². The Morgan fingerprint density at radius 2 is 2.04 bits per heavy atom. The number of nitrogens with zero attached hydrogens (tertiary/aromatic N) is 3. The number of rotatable bonds is 6. The summed E-state index contributed by atoms with van der Waals surface area (Å²) in [7, 11) is 0. The zero-order chi connectivity index (χ0) is 16.8. The fourth-order valence-corrected chi connectivity index (χ4v) is 2.65. The van der Waals surface area contributed by atoms with Crippen LogP contribution >= 0.6 is 11.6 Å². The fourth-order valence-electron chi connectivity index (χ4n) is 2.50. The Kier molecular flexibility index (Phi) is 5.95. The van der Waals surface area contributed by atoms with Crippen molar-refractivity contribution in [1.29, 1.82) is 5.26 Å². The first-order valence-corrected chi connectivity index (χ1v) is 8.03. The van der Waals surface area contributed by atoms with Gasteiger partial charge >= 0.3 is 0 Å². The lowest BCUT2D eigenvalue weighted by molar-refractivity contribution is 0.238. The maximum atomic E-state index is 9.37. The second-order valence-corrected chi connectivity index (χ2v) is 6.42. The van der Waals surface area contributed by atoms with E-state index in [2.05, 4.69) is 36.8 Å². The van der Waals surface area contributed by atoms with Crippen LogP contribution in [0, 0.1) is 23.2 Å². The van der Waals surface area contributed by atoms with E-state index in [0.717, 1.165) is 12.0 Å². The monoisotopic (exact) mass is 329 g/mol. The normalized spacial score (nSPS) is 12.0. The molecular formula is C18H20ClN3O. The third-order valence-electron chi connectivity index (χ3n) is 3.42. The van der Waals surface area contributed by atoms with E-state index in [9.17, 15) is 5.26 Å². The second kappa shape index (κ2) is 7.94. The molecule has 2 aromatic rings. The van der Waals surface area contributed by atoms with Gasteiger partial charge in [0.15, 0.2) is 0 Å². The summed E-state index contributed by atoms with van der Waals surface area (Å²) in [5.74, 6) is 1.68. The Bertz CT molecular complexity index is 710. The van der Waals surface area contributed by atoms with Gasteiger partial charge in [0, 0.05) is 11.8 Å². The molecule has 23 heavy (non-hydrogen) atoms. The molecule has 0 aliphatic rings. The molecule has 4 nitrogen and oxygen atoms in total. The highest BCUT2D eigenvalue weighted by Gasteiger charge is 2.11. The molecule has 1 atom stereocenters. The lowest BCUT2D eigenvalue weighted by Crippen LogP contribution is -2.11. The number of benzene rings is 1. The van der Waals surface area contributed by atoms with E-state index < -0.39 is 0 Å². The molecule has 0 spiro atoms. The van der Waals surface area contributed by atoms with Crippen LogP contribution in [0.3, 0.4) is 0 Å². The zero-order valence-electron chi connectivity index (χ0n) is 13.6. The van der Waals surface area contributed by atoms with Crippen molar-refractivity contribution in [3.8, 4) is 23.1 Å². The molecule has 0 radical (unpaired) electrons. The van der Waals surface area contributed by atoms with E-state index in [-0.39, 0.29) is 5.28 Å². The molecule has 1 aromatic heterocycles. The summed E-state index contributed by atoms with van der Waals surface area (Å²) < 4.78 is 5.82. The maximum Gasteiger partial charge on any atom is 0.222 e. The molecule has 0 saturated heterocycles. The van der Waals surface area contributed by atoms with E-state index in [1.807, 2.05) is 12.1 Å². The summed E-state index contributed by atoms with van der Waals surface area (Å²) in [5, 5.41) is 9.55. The van der Waals surface area contributed by atoms with Gasteiger partial charge in [0.1, 0.15) is 11.8 Å². The van der Waals surface area contributed by atoms with Crippen LogP contribution in [-0.4, -0.2) is 16.6 Å². The summed E-state index contributed by atoms with van der Waals surface area (Å²) in [6.07, 6.45) is 2.69. The first kappa shape index (κ1) is 17.2. The Balaban J connectivity index is 2.16. The molecule has 0 aliphatic heterocycles. The van der Waals surface area contributed by atoms with Gasteiger partial charge in [-0.2, -0.15) is 5.26 Å². The van der Waals surface area contributed by atoms with Crippen molar-refractivity contribution in [3.63, 3.8) is 0 Å². The number of nitriles is 1. The van der Waals surface area contributed by atoms with Crippen LogP contribution in [0.5, 0.6) is 5.75 Å². The van der Waals surface area contributed by atoms with E-state index in [1.54, 1.807) is 18.3 Å². The van der Waals surface area contributed by atoms with Crippen LogP contribution in [0.15, 0.2) is 30.5 Å². The third-order valence-corrected chi connectivity index (χ3v) is 3.60. The summed E-state index contributed by atoms with van der Waals surface area (Å²) >= 11 is 5.81.